The van der Waals surface area contributed by atoms with Crippen molar-refractivity contribution in [2.45, 2.75) is 44.7 Å². The van der Waals surface area contributed by atoms with Crippen LogP contribution in [0.15, 0.2) is 60.7 Å². The van der Waals surface area contributed by atoms with Crippen molar-refractivity contribution in [1.82, 2.24) is 19.6 Å². The van der Waals surface area contributed by atoms with Gasteiger partial charge in [-0.15, -0.1) is 0 Å². The molecule has 10 heteroatoms. The van der Waals surface area contributed by atoms with Gasteiger partial charge in [0.1, 0.15) is 0 Å². The number of nitrogens with zero attached hydrogens (tertiary/aromatic N) is 6. The van der Waals surface area contributed by atoms with E-state index in [2.05, 4.69) is 22.3 Å². The van der Waals surface area contributed by atoms with Crippen molar-refractivity contribution in [2.24, 2.45) is 0 Å². The lowest BCUT2D eigenvalue weighted by atomic mass is 10.1. The number of rotatable bonds is 7. The molecule has 6 rings (SSSR count). The Morgan fingerprint density at radius 2 is 1.25 bits per heavy atom. The van der Waals surface area contributed by atoms with E-state index in [1.54, 1.807) is 48.0 Å². The number of aromatic nitrogens is 4. The van der Waals surface area contributed by atoms with Gasteiger partial charge in [0.05, 0.1) is 53.3 Å². The third kappa shape index (κ3) is 5.77. The summed E-state index contributed by atoms with van der Waals surface area (Å²) in [4.78, 5) is 22.9. The van der Waals surface area contributed by atoms with E-state index in [4.69, 9.17) is 20.4 Å². The summed E-state index contributed by atoms with van der Waals surface area (Å²) in [6, 6.07) is 22.5. The van der Waals surface area contributed by atoms with Gasteiger partial charge in [-0.1, -0.05) is 24.3 Å². The maximum absolute atomic E-state index is 11.8. The fraction of sp³-hybridized carbons (Fsp3) is 0.267. The van der Waals surface area contributed by atoms with Gasteiger partial charge in [-0.05, 0) is 80.1 Å². The van der Waals surface area contributed by atoms with E-state index in [1.165, 1.54) is 0 Å². The summed E-state index contributed by atoms with van der Waals surface area (Å²) in [6.45, 7) is 2.11. The van der Waals surface area contributed by atoms with Gasteiger partial charge >= 0.3 is 11.9 Å². The number of hydrogen-bond acceptors (Lipinski definition) is 7. The van der Waals surface area contributed by atoms with E-state index < -0.39 is 11.9 Å². The molecule has 4 aromatic rings. The molecule has 2 aromatic heterocycles. The van der Waals surface area contributed by atoms with Gasteiger partial charge in [0.2, 0.25) is 0 Å². The van der Waals surface area contributed by atoms with Gasteiger partial charge in [-0.3, -0.25) is 9.36 Å². The van der Waals surface area contributed by atoms with E-state index in [0.717, 1.165) is 48.2 Å². The Kier molecular flexibility index (Phi) is 7.43. The average molecular weight is 535 g/mol. The molecule has 2 heterocycles. The smallest absolute Gasteiger partial charge is 0.358 e. The van der Waals surface area contributed by atoms with Gasteiger partial charge < -0.3 is 9.84 Å². The second-order valence-electron chi connectivity index (χ2n) is 9.59. The van der Waals surface area contributed by atoms with Gasteiger partial charge in [0.15, 0.2) is 11.4 Å². The molecule has 0 amide bonds. The highest BCUT2D eigenvalue weighted by molar-refractivity contribution is 5.89. The summed E-state index contributed by atoms with van der Waals surface area (Å²) in [5.41, 5.74) is 5.11. The number of benzene rings is 2. The van der Waals surface area contributed by atoms with Crippen LogP contribution in [0.25, 0.3) is 22.5 Å². The van der Waals surface area contributed by atoms with E-state index in [1.807, 2.05) is 28.9 Å². The van der Waals surface area contributed by atoms with Crippen LogP contribution in [0, 0.1) is 22.7 Å². The first kappa shape index (κ1) is 26.4. The molecule has 2 aromatic carbocycles. The van der Waals surface area contributed by atoms with Crippen molar-refractivity contribution in [2.75, 3.05) is 6.61 Å². The van der Waals surface area contributed by atoms with Crippen LogP contribution in [-0.4, -0.2) is 43.2 Å². The van der Waals surface area contributed by atoms with Crippen LogP contribution in [-0.2, 0) is 4.74 Å². The number of carbonyl (C=O) groups excluding carboxylic acids is 1. The molecule has 200 valence electrons. The van der Waals surface area contributed by atoms with Crippen LogP contribution in [0.4, 0.5) is 0 Å². The molecular weight excluding hydrogens is 508 g/mol. The number of aromatic carboxylic acids is 1. The first-order chi connectivity index (χ1) is 19.4. The van der Waals surface area contributed by atoms with E-state index in [0.29, 0.717) is 35.5 Å². The first-order valence-electron chi connectivity index (χ1n) is 13.0. The second-order valence-corrected chi connectivity index (χ2v) is 9.59. The minimum absolute atomic E-state index is 0.0614. The quantitative estimate of drug-likeness (QED) is 0.311. The predicted octanol–water partition coefficient (Wildman–Crippen LogP) is 5.39. The monoisotopic (exact) mass is 534 g/mol. The Balaban J connectivity index is 0.000000162. The summed E-state index contributed by atoms with van der Waals surface area (Å²) in [7, 11) is 0. The summed E-state index contributed by atoms with van der Waals surface area (Å²) in [5, 5.41) is 35.2. The van der Waals surface area contributed by atoms with E-state index in [-0.39, 0.29) is 5.69 Å². The molecule has 1 N–H and O–H groups in total. The SMILES string of the molecule is CCOC(=O)c1cc(-c2ccc(C#N)cc2)n(C2CC2)n1.N#Cc1ccc(-c2cc(C(=O)O)nn2C2CC2)cc1. The second kappa shape index (κ2) is 11.3. The normalized spacial score (nSPS) is 13.9. The van der Waals surface area contributed by atoms with Crippen molar-refractivity contribution in [3.05, 3.63) is 83.2 Å². The number of carboxylic acid groups (broad SMARTS) is 1. The predicted molar refractivity (Wildman–Crippen MR) is 144 cm³/mol. The summed E-state index contributed by atoms with van der Waals surface area (Å²) in [6.07, 6.45) is 4.22. The van der Waals surface area contributed by atoms with Crippen LogP contribution in [0.1, 0.15) is 76.8 Å². The van der Waals surface area contributed by atoms with Gasteiger partial charge in [-0.2, -0.15) is 20.7 Å². The molecule has 0 atom stereocenters. The van der Waals surface area contributed by atoms with Crippen LogP contribution >= 0.6 is 0 Å². The number of carbonyl (C=O) groups is 2. The van der Waals surface area contributed by atoms with Crippen molar-refractivity contribution in [1.29, 1.82) is 10.5 Å². The Labute approximate surface area is 230 Å². The average Bonchev–Trinajstić information content (AvgIpc) is 3.92. The molecule has 0 unspecified atom stereocenters. The fourth-order valence-electron chi connectivity index (χ4n) is 4.26. The minimum Gasteiger partial charge on any atom is -0.476 e. The Morgan fingerprint density at radius 3 is 1.62 bits per heavy atom. The molecule has 0 spiro atoms. The number of hydrogen-bond donors (Lipinski definition) is 1. The standard InChI is InChI=1S/C16H15N3O2.C14H11N3O2/c1-2-21-16(20)14-9-15(19(18-14)13-7-8-13)12-5-3-11(10-17)4-6-12;15-8-9-1-3-10(4-2-9)13-7-12(14(18)19)16-17(13)11-5-6-11/h3-6,9,13H,2,7-8H2,1H3;1-4,7,11H,5-6H2,(H,18,19). The highest BCUT2D eigenvalue weighted by atomic mass is 16.5. The number of ether oxygens (including phenoxy) is 1. The summed E-state index contributed by atoms with van der Waals surface area (Å²) in [5.74, 6) is -1.42. The Bertz CT molecular complexity index is 1630. The molecule has 2 aliphatic rings. The van der Waals surface area contributed by atoms with Crippen molar-refractivity contribution in [3.8, 4) is 34.7 Å². The number of esters is 1. The molecule has 2 aliphatic carbocycles. The van der Waals surface area contributed by atoms with Crippen LogP contribution in [0.2, 0.25) is 0 Å². The first-order valence-corrected chi connectivity index (χ1v) is 13.0. The third-order valence-corrected chi connectivity index (χ3v) is 6.58. The highest BCUT2D eigenvalue weighted by Crippen LogP contribution is 2.39. The van der Waals surface area contributed by atoms with Gasteiger partial charge in [0, 0.05) is 0 Å². The van der Waals surface area contributed by atoms with Crippen molar-refractivity contribution in [3.63, 3.8) is 0 Å². The number of nitriles is 2. The highest BCUT2D eigenvalue weighted by Gasteiger charge is 2.30. The van der Waals surface area contributed by atoms with Crippen LogP contribution in [0.5, 0.6) is 0 Å². The molecule has 2 saturated carbocycles. The zero-order valence-corrected chi connectivity index (χ0v) is 21.8. The zero-order valence-electron chi connectivity index (χ0n) is 21.8. The topological polar surface area (TPSA) is 147 Å². The summed E-state index contributed by atoms with van der Waals surface area (Å²) >= 11 is 0. The molecule has 40 heavy (non-hydrogen) atoms. The van der Waals surface area contributed by atoms with Crippen molar-refractivity contribution < 1.29 is 19.4 Å². The largest absolute Gasteiger partial charge is 0.476 e. The zero-order chi connectivity index (χ0) is 28.2. The lowest BCUT2D eigenvalue weighted by Crippen LogP contribution is -2.06. The molecule has 10 nitrogen and oxygen atoms in total. The van der Waals surface area contributed by atoms with Gasteiger partial charge in [-0.25, -0.2) is 9.59 Å². The lowest BCUT2D eigenvalue weighted by molar-refractivity contribution is 0.0518. The van der Waals surface area contributed by atoms with E-state index >= 15 is 0 Å². The van der Waals surface area contributed by atoms with Crippen molar-refractivity contribution >= 4 is 11.9 Å². The maximum Gasteiger partial charge on any atom is 0.358 e. The summed E-state index contributed by atoms with van der Waals surface area (Å²) < 4.78 is 8.69. The number of carboxylic acids is 1. The Morgan fingerprint density at radius 1 is 0.825 bits per heavy atom. The van der Waals surface area contributed by atoms with Gasteiger partial charge in [0.25, 0.3) is 0 Å². The van der Waals surface area contributed by atoms with E-state index in [9.17, 15) is 9.59 Å². The molecule has 2 fully saturated rings. The minimum atomic E-state index is -1.02. The fourth-order valence-corrected chi connectivity index (χ4v) is 4.26. The molecule has 0 radical (unpaired) electrons. The maximum atomic E-state index is 11.8. The lowest BCUT2D eigenvalue weighted by Gasteiger charge is -2.05. The molecular formula is C30H26N6O4. The van der Waals surface area contributed by atoms with Crippen LogP contribution in [0.3, 0.4) is 0 Å². The third-order valence-electron chi connectivity index (χ3n) is 6.58. The molecule has 0 bridgehead atoms. The molecule has 0 saturated heterocycles. The van der Waals surface area contributed by atoms with Crippen LogP contribution < -0.4 is 0 Å². The molecule has 0 aliphatic heterocycles. The Hall–Kier alpha value is -5.22.